The van der Waals surface area contributed by atoms with Gasteiger partial charge in [-0.15, -0.1) is 0 Å². The number of nitrogens with one attached hydrogen (secondary N) is 1. The van der Waals surface area contributed by atoms with Crippen LogP contribution in [-0.4, -0.2) is 50.1 Å². The van der Waals surface area contributed by atoms with Crippen molar-refractivity contribution in [2.24, 2.45) is 0 Å². The molecule has 0 saturated carbocycles. The molecule has 2 heterocycles. The second-order valence-corrected chi connectivity index (χ2v) is 7.43. The van der Waals surface area contributed by atoms with Crippen LogP contribution in [0.25, 0.3) is 0 Å². The number of nitrogens with zero attached hydrogens (tertiary/aromatic N) is 2. The highest BCUT2D eigenvalue weighted by atomic mass is 16.5. The molecular formula is C22H29N3O4. The molecular weight excluding hydrogens is 370 g/mol. The summed E-state index contributed by atoms with van der Waals surface area (Å²) < 4.78 is 10.9. The second kappa shape index (κ2) is 9.60. The number of anilines is 2. The molecule has 1 fully saturated rings. The van der Waals surface area contributed by atoms with Crippen LogP contribution in [-0.2, 0) is 16.1 Å². The molecule has 7 nitrogen and oxygen atoms in total. The van der Waals surface area contributed by atoms with Gasteiger partial charge in [0, 0.05) is 51.6 Å². The maximum absolute atomic E-state index is 12.6. The van der Waals surface area contributed by atoms with Gasteiger partial charge in [-0.05, 0) is 48.7 Å². The zero-order chi connectivity index (χ0) is 20.8. The van der Waals surface area contributed by atoms with Gasteiger partial charge in [-0.2, -0.15) is 0 Å². The van der Waals surface area contributed by atoms with Crippen molar-refractivity contribution in [3.8, 4) is 0 Å². The molecule has 29 heavy (non-hydrogen) atoms. The first-order chi connectivity index (χ1) is 14.0. The quantitative estimate of drug-likeness (QED) is 0.735. The Morgan fingerprint density at radius 1 is 1.24 bits per heavy atom. The average Bonchev–Trinajstić information content (AvgIpc) is 3.41. The summed E-state index contributed by atoms with van der Waals surface area (Å²) in [6.45, 7) is 3.68. The van der Waals surface area contributed by atoms with E-state index in [2.05, 4.69) is 5.32 Å². The third-order valence-electron chi connectivity index (χ3n) is 5.03. The minimum absolute atomic E-state index is 0.0927. The Bertz CT molecular complexity index is 827. The Morgan fingerprint density at radius 2 is 2.07 bits per heavy atom. The predicted octanol–water partition coefficient (Wildman–Crippen LogP) is 3.52. The van der Waals surface area contributed by atoms with Crippen LogP contribution in [0.3, 0.4) is 0 Å². The normalized spacial score (nSPS) is 15.9. The summed E-state index contributed by atoms with van der Waals surface area (Å²) in [6, 6.07) is 9.02. The Morgan fingerprint density at radius 3 is 2.69 bits per heavy atom. The monoisotopic (exact) mass is 399 g/mol. The topological polar surface area (TPSA) is 75.0 Å². The van der Waals surface area contributed by atoms with E-state index in [-0.39, 0.29) is 23.7 Å². The number of ether oxygens (including phenoxy) is 1. The van der Waals surface area contributed by atoms with E-state index in [1.807, 2.05) is 49.0 Å². The van der Waals surface area contributed by atoms with Crippen LogP contribution in [0, 0.1) is 0 Å². The molecule has 0 unspecified atom stereocenters. The largest absolute Gasteiger partial charge is 0.459 e. The number of hydrogen-bond donors (Lipinski definition) is 1. The lowest BCUT2D eigenvalue weighted by molar-refractivity contribution is -0.133. The van der Waals surface area contributed by atoms with E-state index >= 15 is 0 Å². The highest BCUT2D eigenvalue weighted by Crippen LogP contribution is 2.26. The summed E-state index contributed by atoms with van der Waals surface area (Å²) in [6.07, 6.45) is 4.02. The average molecular weight is 399 g/mol. The lowest BCUT2D eigenvalue weighted by atomic mass is 10.1. The molecule has 1 N–H and O–H groups in total. The highest BCUT2D eigenvalue weighted by molar-refractivity contribution is 6.02. The van der Waals surface area contributed by atoms with Crippen molar-refractivity contribution >= 4 is 23.2 Å². The molecule has 2 aromatic rings. The third kappa shape index (κ3) is 5.38. The lowest BCUT2D eigenvalue weighted by Crippen LogP contribution is -2.36. The second-order valence-electron chi connectivity index (χ2n) is 7.43. The van der Waals surface area contributed by atoms with Crippen LogP contribution >= 0.6 is 0 Å². The van der Waals surface area contributed by atoms with Crippen LogP contribution in [0.4, 0.5) is 11.4 Å². The van der Waals surface area contributed by atoms with Crippen molar-refractivity contribution in [1.29, 1.82) is 0 Å². The Kier molecular flexibility index (Phi) is 6.93. The van der Waals surface area contributed by atoms with Gasteiger partial charge in [-0.1, -0.05) is 6.92 Å². The Labute approximate surface area is 171 Å². The number of furan rings is 1. The van der Waals surface area contributed by atoms with Crippen LogP contribution in [0.2, 0.25) is 0 Å². The highest BCUT2D eigenvalue weighted by Gasteiger charge is 2.23. The fraction of sp³-hybridized carbons (Fsp3) is 0.455. The summed E-state index contributed by atoms with van der Waals surface area (Å²) in [4.78, 5) is 28.8. The van der Waals surface area contributed by atoms with Crippen LogP contribution in [0.15, 0.2) is 41.0 Å². The van der Waals surface area contributed by atoms with E-state index in [0.29, 0.717) is 25.2 Å². The molecule has 3 rings (SSSR count). The lowest BCUT2D eigenvalue weighted by Gasteiger charge is -2.28. The molecule has 1 aromatic carbocycles. The van der Waals surface area contributed by atoms with Gasteiger partial charge in [0.2, 0.25) is 5.91 Å². The molecule has 1 aliphatic heterocycles. The van der Waals surface area contributed by atoms with Gasteiger partial charge in [0.25, 0.3) is 5.91 Å². The molecule has 7 heteroatoms. The first kappa shape index (κ1) is 20.9. The minimum atomic E-state index is -0.306. The van der Waals surface area contributed by atoms with E-state index in [1.54, 1.807) is 12.1 Å². The molecule has 0 bridgehead atoms. The Balaban J connectivity index is 1.81. The fourth-order valence-corrected chi connectivity index (χ4v) is 3.54. The van der Waals surface area contributed by atoms with Gasteiger partial charge >= 0.3 is 0 Å². The van der Waals surface area contributed by atoms with Crippen molar-refractivity contribution < 1.29 is 18.7 Å². The van der Waals surface area contributed by atoms with Gasteiger partial charge in [-0.3, -0.25) is 9.59 Å². The van der Waals surface area contributed by atoms with Crippen LogP contribution in [0.5, 0.6) is 0 Å². The Hall–Kier alpha value is -2.80. The smallest absolute Gasteiger partial charge is 0.291 e. The van der Waals surface area contributed by atoms with E-state index in [4.69, 9.17) is 9.15 Å². The number of amides is 2. The molecule has 1 saturated heterocycles. The van der Waals surface area contributed by atoms with Gasteiger partial charge in [0.15, 0.2) is 5.76 Å². The number of carbonyl (C=O) groups is 2. The van der Waals surface area contributed by atoms with Gasteiger partial charge in [0.1, 0.15) is 0 Å². The van der Waals surface area contributed by atoms with Gasteiger partial charge < -0.3 is 24.3 Å². The number of carbonyl (C=O) groups excluding carboxylic acids is 2. The zero-order valence-corrected chi connectivity index (χ0v) is 17.3. The van der Waals surface area contributed by atoms with Gasteiger partial charge in [0.05, 0.1) is 12.4 Å². The summed E-state index contributed by atoms with van der Waals surface area (Å²) >= 11 is 0. The number of benzene rings is 1. The van der Waals surface area contributed by atoms with E-state index in [1.165, 1.54) is 6.26 Å². The van der Waals surface area contributed by atoms with Crippen molar-refractivity contribution in [3.63, 3.8) is 0 Å². The molecule has 0 spiro atoms. The van der Waals surface area contributed by atoms with Gasteiger partial charge in [-0.25, -0.2) is 0 Å². The summed E-state index contributed by atoms with van der Waals surface area (Å²) in [7, 11) is 3.93. The summed E-state index contributed by atoms with van der Waals surface area (Å²) in [5, 5.41) is 2.86. The molecule has 0 radical (unpaired) electrons. The first-order valence-electron chi connectivity index (χ1n) is 10.0. The molecule has 156 valence electrons. The standard InChI is InChI=1S/C22H29N3O4/c1-4-21(26)25(15-18-7-5-11-28-18)14-16-13-17(9-10-19(16)24(2)3)23-22(27)20-8-6-12-29-20/h6,8-10,12-13,18H,4-5,7,11,14-15H2,1-3H3,(H,23,27)/t18-/m1/s1. The maximum Gasteiger partial charge on any atom is 0.291 e. The number of hydrogen-bond acceptors (Lipinski definition) is 5. The third-order valence-corrected chi connectivity index (χ3v) is 5.03. The van der Waals surface area contributed by atoms with E-state index in [0.717, 1.165) is 30.7 Å². The predicted molar refractivity (Wildman–Crippen MR) is 112 cm³/mol. The maximum atomic E-state index is 12.6. The van der Waals surface area contributed by atoms with Crippen LogP contribution < -0.4 is 10.2 Å². The number of rotatable bonds is 8. The first-order valence-corrected chi connectivity index (χ1v) is 10.0. The SMILES string of the molecule is CCC(=O)N(Cc1cc(NC(=O)c2ccco2)ccc1N(C)C)C[C@H]1CCCO1. The molecule has 2 amide bonds. The molecule has 1 aliphatic rings. The van der Waals surface area contributed by atoms with Crippen molar-refractivity contribution in [3.05, 3.63) is 47.9 Å². The summed E-state index contributed by atoms with van der Waals surface area (Å²) in [5.41, 5.74) is 2.63. The fourth-order valence-electron chi connectivity index (χ4n) is 3.54. The van der Waals surface area contributed by atoms with Crippen molar-refractivity contribution in [2.45, 2.75) is 38.8 Å². The molecule has 0 aliphatic carbocycles. The molecule has 1 aromatic heterocycles. The minimum Gasteiger partial charge on any atom is -0.459 e. The van der Waals surface area contributed by atoms with Crippen molar-refractivity contribution in [2.75, 3.05) is 37.5 Å². The zero-order valence-electron chi connectivity index (χ0n) is 17.3. The van der Waals surface area contributed by atoms with Crippen LogP contribution in [0.1, 0.15) is 42.3 Å². The molecule has 1 atom stereocenters. The van der Waals surface area contributed by atoms with E-state index in [9.17, 15) is 9.59 Å². The van der Waals surface area contributed by atoms with E-state index < -0.39 is 0 Å². The summed E-state index contributed by atoms with van der Waals surface area (Å²) in [5.74, 6) is 0.0408. The van der Waals surface area contributed by atoms with Crippen molar-refractivity contribution in [1.82, 2.24) is 4.90 Å².